The van der Waals surface area contributed by atoms with Crippen molar-refractivity contribution in [3.63, 3.8) is 0 Å². The van der Waals surface area contributed by atoms with Crippen molar-refractivity contribution < 1.29 is 8.85 Å². The molecule has 2 atom stereocenters. The maximum Gasteiger partial charge on any atom is 0.181 e. The van der Waals surface area contributed by atoms with Crippen LogP contribution in [0.25, 0.3) is 27.6 Å². The van der Waals surface area contributed by atoms with Crippen molar-refractivity contribution >= 4 is 39.0 Å². The molecule has 6 aromatic rings. The predicted octanol–water partition coefficient (Wildman–Crippen LogP) is 8.95. The van der Waals surface area contributed by atoms with Crippen LogP contribution >= 0.6 is 0 Å². The number of ether oxygens (including phenoxy) is 1. The van der Waals surface area contributed by atoms with Gasteiger partial charge in [0.2, 0.25) is 0 Å². The van der Waals surface area contributed by atoms with Crippen LogP contribution in [0, 0.1) is 6.67 Å². The zero-order chi connectivity index (χ0) is 30.5. The lowest BCUT2D eigenvalue weighted by Gasteiger charge is -2.54. The Morgan fingerprint density at radius 3 is 2.44 bits per heavy atom. The molecule has 5 heterocycles. The van der Waals surface area contributed by atoms with Gasteiger partial charge in [-0.05, 0) is 53.4 Å². The number of benzene rings is 4. The maximum atomic E-state index is 8.42. The molecule has 2 aromatic heterocycles. The fourth-order valence-corrected chi connectivity index (χ4v) is 6.55. The van der Waals surface area contributed by atoms with E-state index >= 15 is 0 Å². The van der Waals surface area contributed by atoms with Gasteiger partial charge in [-0.1, -0.05) is 57.2 Å². The fraction of sp³-hybridized carbons (Fsp3) is 0.167. The van der Waals surface area contributed by atoms with Gasteiger partial charge in [-0.3, -0.25) is 9.05 Å². The highest BCUT2D eigenvalue weighted by Crippen LogP contribution is 2.61. The molecule has 0 N–H and O–H groups in total. The summed E-state index contributed by atoms with van der Waals surface area (Å²) in [6, 6.07) is 34.8. The van der Waals surface area contributed by atoms with Gasteiger partial charge in [0, 0.05) is 41.2 Å². The maximum absolute atomic E-state index is 8.42. The van der Waals surface area contributed by atoms with Crippen LogP contribution in [0.5, 0.6) is 11.5 Å². The summed E-state index contributed by atoms with van der Waals surface area (Å²) in [6.45, 7) is 6.74. The van der Waals surface area contributed by atoms with E-state index < -0.39 is 6.98 Å². The molecule has 0 spiro atoms. The highest BCUT2D eigenvalue weighted by molar-refractivity contribution is 6.07. The molecule has 202 valence electrons. The lowest BCUT2D eigenvalue weighted by atomic mass is 9.86. The van der Waals surface area contributed by atoms with Crippen molar-refractivity contribution in [1.82, 2.24) is 18.5 Å². The van der Waals surface area contributed by atoms with E-state index in [9.17, 15) is 0 Å². The van der Waals surface area contributed by atoms with Crippen LogP contribution in [-0.2, 0) is 5.41 Å². The first-order valence-corrected chi connectivity index (χ1v) is 14.0. The molecule has 3 aliphatic heterocycles. The number of aromatic nitrogens is 2. The third kappa shape index (κ3) is 3.52. The van der Waals surface area contributed by atoms with Gasteiger partial charge < -0.3 is 9.22 Å². The molecule has 1 saturated heterocycles. The van der Waals surface area contributed by atoms with Crippen molar-refractivity contribution in [1.29, 1.82) is 0 Å². The minimum Gasteiger partial charge on any atom is -0.457 e. The van der Waals surface area contributed by atoms with Crippen LogP contribution in [0.15, 0.2) is 109 Å². The Kier molecular flexibility index (Phi) is 4.31. The van der Waals surface area contributed by atoms with Gasteiger partial charge >= 0.3 is 0 Å². The molecule has 0 saturated carbocycles. The van der Waals surface area contributed by atoms with E-state index in [1.165, 1.54) is 5.56 Å². The van der Waals surface area contributed by atoms with E-state index in [0.29, 0.717) is 22.7 Å². The second-order valence-electron chi connectivity index (χ2n) is 12.3. The van der Waals surface area contributed by atoms with E-state index in [2.05, 4.69) is 73.9 Å². The zero-order valence-electron chi connectivity index (χ0n) is 26.4. The fourth-order valence-electron chi connectivity index (χ4n) is 6.55. The van der Waals surface area contributed by atoms with Gasteiger partial charge in [-0.2, -0.15) is 0 Å². The van der Waals surface area contributed by atoms with E-state index in [0.717, 1.165) is 44.7 Å². The number of nitrogens with zero attached hydrogens (tertiary/aromatic N) is 4. The Balaban J connectivity index is 1.18. The van der Waals surface area contributed by atoms with E-state index in [1.54, 1.807) is 0 Å². The highest BCUT2D eigenvalue weighted by Gasteiger charge is 2.59. The van der Waals surface area contributed by atoms with Gasteiger partial charge in [0.25, 0.3) is 0 Å². The molecule has 0 unspecified atom stereocenters. The first kappa shape index (κ1) is 21.3. The molecule has 2 bridgehead atoms. The average molecular weight is 541 g/mol. The Labute approximate surface area is 244 Å². The zero-order valence-corrected chi connectivity index (χ0v) is 23.4. The SMILES string of the molecule is [2H]C([2H])([2H])[N@+]12[CH-][N@+](c3cccc(Oc4cccc(-n5c6ccccc6c6cccnc65)c4)c3)(C1)c1cc(C(C)(C)C)ccc12. The Morgan fingerprint density at radius 1 is 0.829 bits per heavy atom. The summed E-state index contributed by atoms with van der Waals surface area (Å²) in [6.07, 6.45) is 1.82. The van der Waals surface area contributed by atoms with E-state index in [-0.39, 0.29) is 9.90 Å². The number of hydrogen-bond acceptors (Lipinski definition) is 2. The average Bonchev–Trinajstić information content (AvgIpc) is 3.58. The summed E-state index contributed by atoms with van der Waals surface area (Å²) in [4.78, 5) is 4.71. The number of para-hydroxylation sites is 1. The Hall–Kier alpha value is -4.45. The largest absolute Gasteiger partial charge is 0.457 e. The predicted molar refractivity (Wildman–Crippen MR) is 169 cm³/mol. The summed E-state index contributed by atoms with van der Waals surface area (Å²) >= 11 is 0. The lowest BCUT2D eigenvalue weighted by molar-refractivity contribution is 0.157. The number of rotatable bonds is 4. The van der Waals surface area contributed by atoms with E-state index in [4.69, 9.17) is 13.8 Å². The van der Waals surface area contributed by atoms with Crippen LogP contribution in [-0.4, -0.2) is 23.2 Å². The Bertz CT molecular complexity index is 2050. The summed E-state index contributed by atoms with van der Waals surface area (Å²) in [5, 5.41) is 2.26. The van der Waals surface area contributed by atoms with Gasteiger partial charge in [0.1, 0.15) is 22.8 Å². The summed E-state index contributed by atoms with van der Waals surface area (Å²) < 4.78 is 34.2. The molecule has 0 amide bonds. The minimum atomic E-state index is -2.19. The van der Waals surface area contributed by atoms with Crippen molar-refractivity contribution in [2.24, 2.45) is 0 Å². The number of quaternary nitrogens is 2. The molecular weight excluding hydrogens is 504 g/mol. The molecule has 1 fully saturated rings. The van der Waals surface area contributed by atoms with Gasteiger partial charge in [-0.25, -0.2) is 4.98 Å². The van der Waals surface area contributed by atoms with Crippen LogP contribution in [0.4, 0.5) is 17.1 Å². The van der Waals surface area contributed by atoms with Crippen molar-refractivity contribution in [3.05, 3.63) is 122 Å². The third-order valence-corrected chi connectivity index (χ3v) is 8.57. The summed E-state index contributed by atoms with van der Waals surface area (Å²) in [5.74, 6) is 1.40. The topological polar surface area (TPSA) is 27.1 Å². The molecule has 41 heavy (non-hydrogen) atoms. The highest BCUT2D eigenvalue weighted by atomic mass is 16.5. The molecular formula is C36H33N4O+. The minimum absolute atomic E-state index is 0.0604. The second kappa shape index (κ2) is 8.29. The molecule has 0 aliphatic carbocycles. The van der Waals surface area contributed by atoms with Gasteiger partial charge in [0.15, 0.2) is 18.0 Å². The quantitative estimate of drug-likeness (QED) is 0.165. The normalized spacial score (nSPS) is 22.6. The molecule has 5 heteroatoms. The molecule has 0 radical (unpaired) electrons. The number of pyridine rings is 1. The van der Waals surface area contributed by atoms with Gasteiger partial charge in [0.05, 0.1) is 29.0 Å². The third-order valence-electron chi connectivity index (χ3n) is 8.57. The first-order chi connectivity index (χ1) is 21.0. The summed E-state index contributed by atoms with van der Waals surface area (Å²) in [7, 11) is 0. The van der Waals surface area contributed by atoms with Crippen LogP contribution in [0.3, 0.4) is 0 Å². The molecule has 5 nitrogen and oxygen atoms in total. The molecule has 4 aromatic carbocycles. The summed E-state index contributed by atoms with van der Waals surface area (Å²) in [5.41, 5.74) is 6.91. The second-order valence-corrected chi connectivity index (χ2v) is 12.3. The Morgan fingerprint density at radius 2 is 1.61 bits per heavy atom. The van der Waals surface area contributed by atoms with E-state index in [1.807, 2.05) is 67.5 Å². The number of hydrogen-bond donors (Lipinski definition) is 0. The number of fused-ring (bicyclic) bond motifs is 3. The molecule has 9 rings (SSSR count). The monoisotopic (exact) mass is 540 g/mol. The van der Waals surface area contributed by atoms with Crippen LogP contribution < -0.4 is 13.7 Å². The smallest absolute Gasteiger partial charge is 0.181 e. The first-order valence-electron chi connectivity index (χ1n) is 15.5. The molecule has 3 aliphatic rings. The standard InChI is InChI=1S/C36H33N4O/c1-36(2,3)25-17-18-33-34(20-25)40(23-39(33,4)24-40)27-11-8-13-29(22-27)41-28-12-7-10-26(21-28)38-32-16-6-5-14-30(32)31-15-9-19-37-35(31)38/h5-23H,24H2,1-4H3/q+1/t39-,40+/m0/s1/i4D3. The van der Waals surface area contributed by atoms with Crippen molar-refractivity contribution in [2.75, 3.05) is 13.6 Å². The van der Waals surface area contributed by atoms with Crippen molar-refractivity contribution in [3.8, 4) is 17.2 Å². The van der Waals surface area contributed by atoms with Crippen LogP contribution in [0.2, 0.25) is 0 Å². The van der Waals surface area contributed by atoms with Gasteiger partial charge in [-0.15, -0.1) is 0 Å². The van der Waals surface area contributed by atoms with Crippen molar-refractivity contribution in [2.45, 2.75) is 26.2 Å². The lowest BCUT2D eigenvalue weighted by Crippen LogP contribution is -2.68. The van der Waals surface area contributed by atoms with Crippen LogP contribution in [0.1, 0.15) is 30.4 Å².